The van der Waals surface area contributed by atoms with E-state index in [-0.39, 0.29) is 18.1 Å². The monoisotopic (exact) mass is 193 g/mol. The van der Waals surface area contributed by atoms with E-state index in [0.29, 0.717) is 5.69 Å². The number of amides is 1. The molecule has 0 fully saturated rings. The summed E-state index contributed by atoms with van der Waals surface area (Å²) >= 11 is 0. The summed E-state index contributed by atoms with van der Waals surface area (Å²) in [6.45, 7) is 0. The Hall–Kier alpha value is -2.04. The molecule has 1 aromatic rings. The Bertz CT molecular complexity index is 413. The molecule has 0 aliphatic carbocycles. The molecule has 0 aromatic heterocycles. The highest BCUT2D eigenvalue weighted by Crippen LogP contribution is 2.26. The maximum Gasteiger partial charge on any atom is 0.511 e. The molecule has 0 saturated carbocycles. The Morgan fingerprint density at radius 1 is 1.50 bits per heavy atom. The second kappa shape index (κ2) is 3.02. The lowest BCUT2D eigenvalue weighted by Gasteiger charge is -2.01. The third-order valence-electron chi connectivity index (χ3n) is 1.91. The van der Waals surface area contributed by atoms with Gasteiger partial charge in [0.15, 0.2) is 0 Å². The predicted molar refractivity (Wildman–Crippen MR) is 47.4 cm³/mol. The van der Waals surface area contributed by atoms with Crippen molar-refractivity contribution in [2.45, 2.75) is 6.42 Å². The van der Waals surface area contributed by atoms with E-state index in [1.54, 1.807) is 12.1 Å². The lowest BCUT2D eigenvalue weighted by molar-refractivity contribution is -0.115. The van der Waals surface area contributed by atoms with Crippen molar-refractivity contribution in [1.29, 1.82) is 0 Å². The third-order valence-corrected chi connectivity index (χ3v) is 1.91. The summed E-state index contributed by atoms with van der Waals surface area (Å²) in [6.07, 6.45) is -1.09. The smallest absolute Gasteiger partial charge is 0.449 e. The van der Waals surface area contributed by atoms with Crippen molar-refractivity contribution in [2.24, 2.45) is 0 Å². The van der Waals surface area contributed by atoms with Crippen LogP contribution in [0.1, 0.15) is 5.56 Å². The zero-order chi connectivity index (χ0) is 10.1. The molecule has 1 aliphatic rings. The van der Waals surface area contributed by atoms with Crippen LogP contribution < -0.4 is 10.1 Å². The highest BCUT2D eigenvalue weighted by atomic mass is 16.7. The number of ether oxygens (including phenoxy) is 1. The summed E-state index contributed by atoms with van der Waals surface area (Å²) in [5.41, 5.74) is 1.47. The molecule has 5 heteroatoms. The number of hydrogen-bond donors (Lipinski definition) is 2. The number of rotatable bonds is 1. The van der Waals surface area contributed by atoms with Crippen LogP contribution >= 0.6 is 0 Å². The second-order valence-electron chi connectivity index (χ2n) is 2.91. The number of carbonyl (C=O) groups excluding carboxylic acids is 1. The Morgan fingerprint density at radius 2 is 2.29 bits per heavy atom. The molecule has 72 valence electrons. The molecule has 14 heavy (non-hydrogen) atoms. The molecule has 0 spiro atoms. The van der Waals surface area contributed by atoms with Gasteiger partial charge in [-0.05, 0) is 23.8 Å². The third kappa shape index (κ3) is 1.52. The number of anilines is 1. The van der Waals surface area contributed by atoms with Crippen LogP contribution in [0, 0.1) is 0 Å². The van der Waals surface area contributed by atoms with Crippen LogP contribution in [0.25, 0.3) is 0 Å². The molecule has 0 atom stereocenters. The summed E-state index contributed by atoms with van der Waals surface area (Å²) in [6, 6.07) is 4.67. The van der Waals surface area contributed by atoms with Crippen molar-refractivity contribution in [3.05, 3.63) is 23.8 Å². The first kappa shape index (κ1) is 8.55. The first-order valence-corrected chi connectivity index (χ1v) is 3.99. The van der Waals surface area contributed by atoms with E-state index in [9.17, 15) is 9.59 Å². The van der Waals surface area contributed by atoms with Gasteiger partial charge in [0.05, 0.1) is 6.42 Å². The number of hydrogen-bond acceptors (Lipinski definition) is 3. The molecule has 1 amide bonds. The number of fused-ring (bicyclic) bond motifs is 1. The molecule has 0 saturated heterocycles. The zero-order valence-corrected chi connectivity index (χ0v) is 7.11. The van der Waals surface area contributed by atoms with E-state index in [0.717, 1.165) is 5.56 Å². The normalized spacial score (nSPS) is 13.3. The highest BCUT2D eigenvalue weighted by Gasteiger charge is 2.18. The van der Waals surface area contributed by atoms with Crippen molar-refractivity contribution < 1.29 is 19.4 Å². The van der Waals surface area contributed by atoms with Crippen LogP contribution in [-0.2, 0) is 11.2 Å². The molecular weight excluding hydrogens is 186 g/mol. The fraction of sp³-hybridized carbons (Fsp3) is 0.111. The lowest BCUT2D eigenvalue weighted by atomic mass is 10.1. The molecule has 0 radical (unpaired) electrons. The summed E-state index contributed by atoms with van der Waals surface area (Å²) in [5, 5.41) is 11.0. The minimum absolute atomic E-state index is 0.0903. The predicted octanol–water partition coefficient (Wildman–Crippen LogP) is 1.24. The minimum Gasteiger partial charge on any atom is -0.449 e. The van der Waals surface area contributed by atoms with E-state index in [2.05, 4.69) is 10.1 Å². The Morgan fingerprint density at radius 3 is 3.00 bits per heavy atom. The number of carbonyl (C=O) groups is 2. The van der Waals surface area contributed by atoms with Crippen molar-refractivity contribution >= 4 is 17.7 Å². The molecule has 2 rings (SSSR count). The van der Waals surface area contributed by atoms with Crippen molar-refractivity contribution in [3.8, 4) is 5.75 Å². The molecule has 1 heterocycles. The largest absolute Gasteiger partial charge is 0.511 e. The molecule has 0 bridgehead atoms. The average molecular weight is 193 g/mol. The van der Waals surface area contributed by atoms with E-state index >= 15 is 0 Å². The Kier molecular flexibility index (Phi) is 1.85. The summed E-state index contributed by atoms with van der Waals surface area (Å²) < 4.78 is 4.45. The van der Waals surface area contributed by atoms with Gasteiger partial charge in [0.2, 0.25) is 5.91 Å². The number of nitrogens with one attached hydrogen (secondary N) is 1. The van der Waals surface area contributed by atoms with Gasteiger partial charge >= 0.3 is 6.16 Å². The van der Waals surface area contributed by atoms with Gasteiger partial charge in [-0.1, -0.05) is 0 Å². The number of carboxylic acid groups (broad SMARTS) is 1. The second-order valence-corrected chi connectivity index (χ2v) is 2.91. The van der Waals surface area contributed by atoms with Crippen LogP contribution in [0.3, 0.4) is 0 Å². The molecule has 2 N–H and O–H groups in total. The van der Waals surface area contributed by atoms with Crippen molar-refractivity contribution in [2.75, 3.05) is 5.32 Å². The standard InChI is InChI=1S/C9H7NO4/c11-8-4-5-3-6(14-9(12)13)1-2-7(5)10-8/h1-3H,4H2,(H,10,11)(H,12,13). The van der Waals surface area contributed by atoms with E-state index in [1.165, 1.54) is 6.07 Å². The van der Waals surface area contributed by atoms with E-state index in [1.807, 2.05) is 0 Å². The summed E-state index contributed by atoms with van der Waals surface area (Å²) in [4.78, 5) is 21.2. The molecule has 1 aliphatic heterocycles. The van der Waals surface area contributed by atoms with Gasteiger partial charge in [-0.25, -0.2) is 4.79 Å². The minimum atomic E-state index is -1.36. The quantitative estimate of drug-likeness (QED) is 0.519. The fourth-order valence-electron chi connectivity index (χ4n) is 1.37. The van der Waals surface area contributed by atoms with Gasteiger partial charge in [-0.3, -0.25) is 4.79 Å². The van der Waals surface area contributed by atoms with E-state index in [4.69, 9.17) is 5.11 Å². The first-order valence-electron chi connectivity index (χ1n) is 3.99. The molecular formula is C9H7NO4. The topological polar surface area (TPSA) is 75.6 Å². The molecule has 1 aromatic carbocycles. The SMILES string of the molecule is O=C1Cc2cc(OC(=O)O)ccc2N1. The fourth-order valence-corrected chi connectivity index (χ4v) is 1.37. The van der Waals surface area contributed by atoms with Gasteiger partial charge < -0.3 is 15.2 Å². The zero-order valence-electron chi connectivity index (χ0n) is 7.11. The van der Waals surface area contributed by atoms with Crippen molar-refractivity contribution in [3.63, 3.8) is 0 Å². The lowest BCUT2D eigenvalue weighted by Crippen LogP contribution is -2.03. The van der Waals surface area contributed by atoms with Gasteiger partial charge in [0, 0.05) is 5.69 Å². The summed E-state index contributed by atoms with van der Waals surface area (Å²) in [7, 11) is 0. The molecule has 0 unspecified atom stereocenters. The van der Waals surface area contributed by atoms with Gasteiger partial charge in [-0.15, -0.1) is 0 Å². The Balaban J connectivity index is 2.28. The van der Waals surface area contributed by atoms with Crippen LogP contribution in [0.5, 0.6) is 5.75 Å². The first-order chi connectivity index (χ1) is 6.65. The van der Waals surface area contributed by atoms with Gasteiger partial charge in [0.1, 0.15) is 5.75 Å². The van der Waals surface area contributed by atoms with Crippen LogP contribution in [-0.4, -0.2) is 17.2 Å². The van der Waals surface area contributed by atoms with Crippen molar-refractivity contribution in [1.82, 2.24) is 0 Å². The van der Waals surface area contributed by atoms with Crippen LogP contribution in [0.15, 0.2) is 18.2 Å². The van der Waals surface area contributed by atoms with Gasteiger partial charge in [-0.2, -0.15) is 0 Å². The maximum atomic E-state index is 11.0. The van der Waals surface area contributed by atoms with E-state index < -0.39 is 6.16 Å². The maximum absolute atomic E-state index is 11.0. The number of benzene rings is 1. The summed E-state index contributed by atoms with van der Waals surface area (Å²) in [5.74, 6) is 0.139. The van der Waals surface area contributed by atoms with Crippen LogP contribution in [0.2, 0.25) is 0 Å². The molecule has 5 nitrogen and oxygen atoms in total. The highest BCUT2D eigenvalue weighted by molar-refractivity contribution is 5.99. The Labute approximate surface area is 79.3 Å². The average Bonchev–Trinajstić information content (AvgIpc) is 2.42. The van der Waals surface area contributed by atoms with Gasteiger partial charge in [0.25, 0.3) is 0 Å². The van der Waals surface area contributed by atoms with Crippen LogP contribution in [0.4, 0.5) is 10.5 Å².